The lowest BCUT2D eigenvalue weighted by Gasteiger charge is -2.38. The van der Waals surface area contributed by atoms with Crippen LogP contribution in [0.2, 0.25) is 10.0 Å². The number of aromatic nitrogens is 3. The fourth-order valence-corrected chi connectivity index (χ4v) is 5.34. The molecule has 4 aromatic rings. The lowest BCUT2D eigenvalue weighted by molar-refractivity contribution is 0.223. The quantitative estimate of drug-likeness (QED) is 0.392. The molecule has 2 unspecified atom stereocenters. The molecule has 2 aliphatic heterocycles. The third-order valence-corrected chi connectivity index (χ3v) is 6.88. The first-order valence-corrected chi connectivity index (χ1v) is 11.0. The zero-order valence-electron chi connectivity index (χ0n) is 15.4. The van der Waals surface area contributed by atoms with Crippen molar-refractivity contribution in [1.82, 2.24) is 14.8 Å². The van der Waals surface area contributed by atoms with Crippen LogP contribution < -0.4 is 10.1 Å². The molecule has 2 aliphatic rings. The average molecular weight is 453 g/mol. The van der Waals surface area contributed by atoms with Crippen LogP contribution in [0.4, 0.5) is 5.95 Å². The number of halogens is 2. The largest absolute Gasteiger partial charge is 0.480 e. The summed E-state index contributed by atoms with van der Waals surface area (Å²) in [5.74, 6) is 1.42. The highest BCUT2D eigenvalue weighted by molar-refractivity contribution is 7.10. The number of benzene rings is 2. The summed E-state index contributed by atoms with van der Waals surface area (Å²) in [4.78, 5) is 5.57. The van der Waals surface area contributed by atoms with Gasteiger partial charge in [-0.05, 0) is 35.7 Å². The maximum absolute atomic E-state index is 6.62. The maximum Gasteiger partial charge on any atom is 0.226 e. The molecule has 1 N–H and O–H groups in total. The van der Waals surface area contributed by atoms with Gasteiger partial charge in [0, 0.05) is 31.6 Å². The highest BCUT2D eigenvalue weighted by Gasteiger charge is 2.41. The SMILES string of the molecule is Clc1ccc2c(c1)C1=C(C(c3ccccc3Cl)O2)C(c2cccs2)n2ncnc2N1. The van der Waals surface area contributed by atoms with Crippen molar-refractivity contribution in [3.63, 3.8) is 0 Å². The number of nitrogens with one attached hydrogen (secondary N) is 1. The van der Waals surface area contributed by atoms with Crippen molar-refractivity contribution >= 4 is 46.2 Å². The predicted octanol–water partition coefficient (Wildman–Crippen LogP) is 6.21. The summed E-state index contributed by atoms with van der Waals surface area (Å²) in [7, 11) is 0. The molecule has 0 fully saturated rings. The van der Waals surface area contributed by atoms with Gasteiger partial charge in [0.1, 0.15) is 18.1 Å². The van der Waals surface area contributed by atoms with Gasteiger partial charge >= 0.3 is 0 Å². The molecule has 0 saturated heterocycles. The minimum Gasteiger partial charge on any atom is -0.480 e. The van der Waals surface area contributed by atoms with Gasteiger partial charge in [0.25, 0.3) is 0 Å². The van der Waals surface area contributed by atoms with Gasteiger partial charge in [0.05, 0.1) is 5.70 Å². The van der Waals surface area contributed by atoms with E-state index in [2.05, 4.69) is 26.8 Å². The number of nitrogens with zero attached hydrogens (tertiary/aromatic N) is 3. The molecular formula is C22H14Cl2N4OS. The van der Waals surface area contributed by atoms with Crippen LogP contribution in [0.5, 0.6) is 5.75 Å². The molecule has 30 heavy (non-hydrogen) atoms. The van der Waals surface area contributed by atoms with Gasteiger partial charge in [0.15, 0.2) is 6.10 Å². The van der Waals surface area contributed by atoms with Crippen LogP contribution in [0, 0.1) is 0 Å². The van der Waals surface area contributed by atoms with Crippen molar-refractivity contribution in [3.8, 4) is 5.75 Å². The first-order valence-electron chi connectivity index (χ1n) is 9.35. The summed E-state index contributed by atoms with van der Waals surface area (Å²) in [6, 6.07) is 17.4. The van der Waals surface area contributed by atoms with Crippen LogP contribution >= 0.6 is 34.5 Å². The van der Waals surface area contributed by atoms with Gasteiger partial charge in [0.2, 0.25) is 5.95 Å². The smallest absolute Gasteiger partial charge is 0.226 e. The van der Waals surface area contributed by atoms with Gasteiger partial charge < -0.3 is 10.1 Å². The van der Waals surface area contributed by atoms with Gasteiger partial charge in [-0.3, -0.25) is 0 Å². The average Bonchev–Trinajstić information content (AvgIpc) is 3.44. The Morgan fingerprint density at radius 1 is 1.07 bits per heavy atom. The number of anilines is 1. The van der Waals surface area contributed by atoms with Gasteiger partial charge in [-0.25, -0.2) is 4.68 Å². The zero-order valence-corrected chi connectivity index (χ0v) is 17.7. The van der Waals surface area contributed by atoms with Crippen LogP contribution in [-0.2, 0) is 0 Å². The molecule has 0 saturated carbocycles. The molecule has 0 spiro atoms. The highest BCUT2D eigenvalue weighted by atomic mass is 35.5. The Hall–Kier alpha value is -2.80. The lowest BCUT2D eigenvalue weighted by atomic mass is 9.87. The van der Waals surface area contributed by atoms with Crippen molar-refractivity contribution in [2.24, 2.45) is 0 Å². The van der Waals surface area contributed by atoms with E-state index < -0.39 is 0 Å². The van der Waals surface area contributed by atoms with E-state index in [0.717, 1.165) is 33.0 Å². The Morgan fingerprint density at radius 3 is 2.80 bits per heavy atom. The van der Waals surface area contributed by atoms with Crippen molar-refractivity contribution in [1.29, 1.82) is 0 Å². The van der Waals surface area contributed by atoms with E-state index in [9.17, 15) is 0 Å². The summed E-state index contributed by atoms with van der Waals surface area (Å²) in [5, 5.41) is 11.3. The van der Waals surface area contributed by atoms with Crippen LogP contribution in [0.25, 0.3) is 5.70 Å². The Balaban J connectivity index is 1.66. The zero-order chi connectivity index (χ0) is 20.2. The Bertz CT molecular complexity index is 1300. The first kappa shape index (κ1) is 18.0. The molecule has 2 atom stereocenters. The van der Waals surface area contributed by atoms with E-state index in [1.165, 1.54) is 0 Å². The molecule has 2 aromatic carbocycles. The van der Waals surface area contributed by atoms with E-state index in [4.69, 9.17) is 27.9 Å². The lowest BCUT2D eigenvalue weighted by Crippen LogP contribution is -2.32. The van der Waals surface area contributed by atoms with Gasteiger partial charge in [-0.2, -0.15) is 10.1 Å². The van der Waals surface area contributed by atoms with Crippen LogP contribution in [0.15, 0.2) is 71.9 Å². The number of thiophene rings is 1. The number of ether oxygens (including phenoxy) is 1. The second-order valence-corrected chi connectivity index (χ2v) is 8.88. The molecule has 0 aliphatic carbocycles. The number of rotatable bonds is 2. The summed E-state index contributed by atoms with van der Waals surface area (Å²) < 4.78 is 8.44. The predicted molar refractivity (Wildman–Crippen MR) is 119 cm³/mol. The Kier molecular flexibility index (Phi) is 4.13. The maximum atomic E-state index is 6.62. The third-order valence-electron chi connectivity index (χ3n) is 5.38. The molecule has 0 amide bonds. The molecule has 2 aromatic heterocycles. The summed E-state index contributed by atoms with van der Waals surface area (Å²) >= 11 is 14.6. The van der Waals surface area contributed by atoms with Crippen LogP contribution in [0.1, 0.15) is 28.1 Å². The van der Waals surface area contributed by atoms with Crippen LogP contribution in [0.3, 0.4) is 0 Å². The van der Waals surface area contributed by atoms with Gasteiger partial charge in [-0.1, -0.05) is 47.5 Å². The molecule has 8 heteroatoms. The highest BCUT2D eigenvalue weighted by Crippen LogP contribution is 2.52. The number of hydrogen-bond acceptors (Lipinski definition) is 5. The third kappa shape index (κ3) is 2.68. The minimum atomic E-state index is -0.390. The van der Waals surface area contributed by atoms with Crippen molar-refractivity contribution in [2.45, 2.75) is 12.1 Å². The number of fused-ring (bicyclic) bond motifs is 3. The fraction of sp³-hybridized carbons (Fsp3) is 0.0909. The molecule has 4 heterocycles. The second-order valence-electron chi connectivity index (χ2n) is 7.06. The van der Waals surface area contributed by atoms with E-state index in [0.29, 0.717) is 16.0 Å². The van der Waals surface area contributed by atoms with E-state index in [1.807, 2.05) is 53.2 Å². The molecule has 0 radical (unpaired) electrons. The van der Waals surface area contributed by atoms with E-state index >= 15 is 0 Å². The summed E-state index contributed by atoms with van der Waals surface area (Å²) in [5.41, 5.74) is 3.76. The summed E-state index contributed by atoms with van der Waals surface area (Å²) in [6.07, 6.45) is 1.17. The summed E-state index contributed by atoms with van der Waals surface area (Å²) in [6.45, 7) is 0. The number of hydrogen-bond donors (Lipinski definition) is 1. The van der Waals surface area contributed by atoms with E-state index in [-0.39, 0.29) is 12.1 Å². The monoisotopic (exact) mass is 452 g/mol. The Labute approximate surface area is 186 Å². The Morgan fingerprint density at radius 2 is 1.97 bits per heavy atom. The second kappa shape index (κ2) is 6.87. The standard InChI is InChI=1S/C22H14Cl2N4OS/c23-12-7-8-16-14(10-12)19-18(21(29-16)13-4-1-2-5-15(13)24)20(17-6-3-9-30-17)28-22(27-19)25-11-26-28/h1-11,20-21H,(H,25,26,27). The molecule has 148 valence electrons. The van der Waals surface area contributed by atoms with Crippen molar-refractivity contribution in [3.05, 3.63) is 97.9 Å². The minimum absolute atomic E-state index is 0.174. The first-order chi connectivity index (χ1) is 14.7. The molecule has 6 rings (SSSR count). The topological polar surface area (TPSA) is 52.0 Å². The fourth-order valence-electron chi connectivity index (χ4n) is 4.11. The van der Waals surface area contributed by atoms with Crippen molar-refractivity contribution < 1.29 is 4.74 Å². The molecule has 5 nitrogen and oxygen atoms in total. The van der Waals surface area contributed by atoms with Crippen molar-refractivity contribution in [2.75, 3.05) is 5.32 Å². The normalized spacial score (nSPS) is 19.4. The molecular weight excluding hydrogens is 439 g/mol. The molecule has 0 bridgehead atoms. The van der Waals surface area contributed by atoms with E-state index in [1.54, 1.807) is 17.7 Å². The van der Waals surface area contributed by atoms with Crippen LogP contribution in [-0.4, -0.2) is 14.8 Å². The van der Waals surface area contributed by atoms with Gasteiger partial charge in [-0.15, -0.1) is 11.3 Å².